The molecule has 0 radical (unpaired) electrons. The van der Waals surface area contributed by atoms with Crippen molar-refractivity contribution in [1.29, 1.82) is 0 Å². The van der Waals surface area contributed by atoms with Gasteiger partial charge < -0.3 is 14.1 Å². The van der Waals surface area contributed by atoms with Crippen LogP contribution in [0.25, 0.3) is 0 Å². The molecule has 0 atom stereocenters. The van der Waals surface area contributed by atoms with E-state index >= 15 is 0 Å². The normalized spacial score (nSPS) is 15.7. The second-order valence-corrected chi connectivity index (χ2v) is 4.79. The van der Waals surface area contributed by atoms with Crippen molar-refractivity contribution >= 4 is 13.2 Å². The first-order valence-corrected chi connectivity index (χ1v) is 6.71. The van der Waals surface area contributed by atoms with Gasteiger partial charge in [-0.1, -0.05) is 12.9 Å². The molecule has 0 amide bonds. The van der Waals surface area contributed by atoms with Gasteiger partial charge >= 0.3 is 6.99 Å². The molecular weight excluding hydrogens is 259 g/mol. The Bertz CT molecular complexity index is 442. The molecule has 0 aliphatic carbocycles. The SMILES string of the molecule is C/C=C(\C=NC)N(C)CN1C=C1/C(=C/CF)CB(C)F. The number of rotatable bonds is 8. The highest BCUT2D eigenvalue weighted by Crippen LogP contribution is 2.32. The molecule has 0 aromatic heterocycles. The Kier molecular flexibility index (Phi) is 6.48. The van der Waals surface area contributed by atoms with E-state index in [2.05, 4.69) is 4.99 Å². The zero-order valence-corrected chi connectivity index (χ0v) is 12.6. The first-order valence-electron chi connectivity index (χ1n) is 6.71. The Balaban J connectivity index is 2.57. The van der Waals surface area contributed by atoms with Crippen LogP contribution >= 0.6 is 0 Å². The Labute approximate surface area is 120 Å². The molecule has 0 N–H and O–H groups in total. The minimum atomic E-state index is -0.966. The topological polar surface area (TPSA) is 18.6 Å². The Hall–Kier alpha value is -1.59. The molecule has 0 aromatic carbocycles. The van der Waals surface area contributed by atoms with Crippen LogP contribution in [0.4, 0.5) is 8.71 Å². The summed E-state index contributed by atoms with van der Waals surface area (Å²) >= 11 is 0. The molecule has 0 unspecified atom stereocenters. The number of hydrogen-bond donors (Lipinski definition) is 0. The lowest BCUT2D eigenvalue weighted by Crippen LogP contribution is -2.26. The summed E-state index contributed by atoms with van der Waals surface area (Å²) in [6.07, 6.45) is 7.37. The lowest BCUT2D eigenvalue weighted by atomic mass is 9.68. The monoisotopic (exact) mass is 281 g/mol. The van der Waals surface area contributed by atoms with Gasteiger partial charge in [-0.25, -0.2) is 4.39 Å². The van der Waals surface area contributed by atoms with Gasteiger partial charge in [-0.15, -0.1) is 0 Å². The zero-order chi connectivity index (χ0) is 15.1. The molecule has 6 heteroatoms. The summed E-state index contributed by atoms with van der Waals surface area (Å²) < 4.78 is 25.6. The van der Waals surface area contributed by atoms with Crippen molar-refractivity contribution in [2.24, 2.45) is 4.99 Å². The fraction of sp³-hybridized carbons (Fsp3) is 0.500. The summed E-state index contributed by atoms with van der Waals surface area (Å²) in [6.45, 7) is 2.55. The van der Waals surface area contributed by atoms with Gasteiger partial charge in [0.1, 0.15) is 6.67 Å². The zero-order valence-electron chi connectivity index (χ0n) is 12.6. The third-order valence-corrected chi connectivity index (χ3v) is 3.04. The highest BCUT2D eigenvalue weighted by Gasteiger charge is 2.27. The van der Waals surface area contributed by atoms with Crippen LogP contribution in [0.3, 0.4) is 0 Å². The molecule has 110 valence electrons. The van der Waals surface area contributed by atoms with Crippen LogP contribution in [0.2, 0.25) is 13.1 Å². The van der Waals surface area contributed by atoms with E-state index in [9.17, 15) is 8.71 Å². The molecule has 3 nitrogen and oxygen atoms in total. The first kappa shape index (κ1) is 16.5. The van der Waals surface area contributed by atoms with Gasteiger partial charge in [0.2, 0.25) is 0 Å². The second-order valence-electron chi connectivity index (χ2n) is 4.79. The molecule has 0 bridgehead atoms. The lowest BCUT2D eigenvalue weighted by Gasteiger charge is -2.22. The maximum absolute atomic E-state index is 13.1. The smallest absolute Gasteiger partial charge is 0.349 e. The maximum Gasteiger partial charge on any atom is 0.349 e. The van der Waals surface area contributed by atoms with E-state index in [1.807, 2.05) is 36.0 Å². The third kappa shape index (κ3) is 4.83. The van der Waals surface area contributed by atoms with Gasteiger partial charge in [0.15, 0.2) is 0 Å². The summed E-state index contributed by atoms with van der Waals surface area (Å²) in [5.41, 5.74) is 2.66. The molecule has 1 heterocycles. The summed E-state index contributed by atoms with van der Waals surface area (Å²) in [4.78, 5) is 8.01. The van der Waals surface area contributed by atoms with Crippen LogP contribution in [-0.2, 0) is 0 Å². The molecule has 20 heavy (non-hydrogen) atoms. The summed E-state index contributed by atoms with van der Waals surface area (Å²) in [6, 6.07) is 0. The van der Waals surface area contributed by atoms with Crippen molar-refractivity contribution < 1.29 is 8.71 Å². The van der Waals surface area contributed by atoms with Crippen LogP contribution < -0.4 is 0 Å². The molecular formula is C14H22BF2N3. The molecule has 1 rings (SSSR count). The Morgan fingerprint density at radius 1 is 1.55 bits per heavy atom. The summed E-state index contributed by atoms with van der Waals surface area (Å²) in [5.74, 6) is 0. The number of halogens is 2. The minimum absolute atomic E-state index is 0.253. The average Bonchev–Trinajstić information content (AvgIpc) is 3.14. The van der Waals surface area contributed by atoms with Gasteiger partial charge in [-0.05, 0) is 24.9 Å². The van der Waals surface area contributed by atoms with Crippen LogP contribution in [0.15, 0.2) is 40.3 Å². The molecule has 0 fully saturated rings. The van der Waals surface area contributed by atoms with Crippen LogP contribution in [0.1, 0.15) is 6.92 Å². The molecule has 0 spiro atoms. The molecule has 0 saturated carbocycles. The molecule has 1 aliphatic rings. The fourth-order valence-corrected chi connectivity index (χ4v) is 2.03. The van der Waals surface area contributed by atoms with E-state index in [4.69, 9.17) is 0 Å². The number of aliphatic imine (C=N–C) groups is 1. The number of alkyl halides is 1. The van der Waals surface area contributed by atoms with Gasteiger partial charge in [0.05, 0.1) is 18.1 Å². The predicted octanol–water partition coefficient (Wildman–Crippen LogP) is 3.12. The quantitative estimate of drug-likeness (QED) is 0.503. The van der Waals surface area contributed by atoms with Crippen molar-refractivity contribution in [3.63, 3.8) is 0 Å². The van der Waals surface area contributed by atoms with E-state index in [1.54, 1.807) is 13.3 Å². The van der Waals surface area contributed by atoms with Crippen LogP contribution in [0.5, 0.6) is 0 Å². The molecule has 0 aromatic rings. The molecule has 0 saturated heterocycles. The number of hydrogen-bond acceptors (Lipinski definition) is 3. The van der Waals surface area contributed by atoms with E-state index in [0.29, 0.717) is 6.67 Å². The van der Waals surface area contributed by atoms with Crippen molar-refractivity contribution in [2.45, 2.75) is 20.1 Å². The number of allylic oxidation sites excluding steroid dienone is 4. The predicted molar refractivity (Wildman–Crippen MR) is 82.3 cm³/mol. The summed E-state index contributed by atoms with van der Waals surface area (Å²) in [7, 11) is 3.68. The van der Waals surface area contributed by atoms with Crippen molar-refractivity contribution in [3.05, 3.63) is 35.3 Å². The molecule has 1 aliphatic heterocycles. The number of nitrogens with zero attached hydrogens (tertiary/aromatic N) is 3. The lowest BCUT2D eigenvalue weighted by molar-refractivity contribution is 0.336. The summed E-state index contributed by atoms with van der Waals surface area (Å²) in [5, 5.41) is 0. The maximum atomic E-state index is 13.1. The van der Waals surface area contributed by atoms with Gasteiger partial charge in [0, 0.05) is 26.5 Å². The van der Waals surface area contributed by atoms with Gasteiger partial charge in [-0.2, -0.15) is 0 Å². The van der Waals surface area contributed by atoms with Gasteiger partial charge in [-0.3, -0.25) is 4.99 Å². The van der Waals surface area contributed by atoms with E-state index < -0.39 is 13.7 Å². The Morgan fingerprint density at radius 3 is 2.75 bits per heavy atom. The minimum Gasteiger partial charge on any atom is -0.356 e. The highest BCUT2D eigenvalue weighted by molar-refractivity contribution is 6.50. The van der Waals surface area contributed by atoms with Crippen LogP contribution in [0, 0.1) is 0 Å². The standard InChI is InChI=1S/C14H22BF2N3/c1-5-13(9-18-3)19(4)11-20-10-14(20)12(6-7-16)8-15(2)17/h5-6,9-10H,7-8,11H2,1-4H3/b12-6+,13-5+,18-9?. The first-order chi connectivity index (χ1) is 9.53. The third-order valence-electron chi connectivity index (χ3n) is 3.04. The Morgan fingerprint density at radius 2 is 2.25 bits per heavy atom. The van der Waals surface area contributed by atoms with Gasteiger partial charge in [0.25, 0.3) is 0 Å². The highest BCUT2D eigenvalue weighted by atomic mass is 19.1. The average molecular weight is 281 g/mol. The van der Waals surface area contributed by atoms with E-state index in [1.165, 1.54) is 12.9 Å². The van der Waals surface area contributed by atoms with Crippen molar-refractivity contribution in [1.82, 2.24) is 9.80 Å². The fourth-order valence-electron chi connectivity index (χ4n) is 2.03. The van der Waals surface area contributed by atoms with E-state index in [-0.39, 0.29) is 6.32 Å². The second kappa shape index (κ2) is 7.87. The van der Waals surface area contributed by atoms with Crippen molar-refractivity contribution in [3.8, 4) is 0 Å². The van der Waals surface area contributed by atoms with Crippen molar-refractivity contribution in [2.75, 3.05) is 27.4 Å². The largest absolute Gasteiger partial charge is 0.356 e. The van der Waals surface area contributed by atoms with E-state index in [0.717, 1.165) is 17.0 Å². The van der Waals surface area contributed by atoms with Crippen LogP contribution in [-0.4, -0.2) is 50.4 Å².